The van der Waals surface area contributed by atoms with Crippen LogP contribution in [0.25, 0.3) is 0 Å². The van der Waals surface area contributed by atoms with Gasteiger partial charge < -0.3 is 9.47 Å². The van der Waals surface area contributed by atoms with Crippen molar-refractivity contribution in [2.45, 2.75) is 12.8 Å². The predicted octanol–water partition coefficient (Wildman–Crippen LogP) is 4.11. The van der Waals surface area contributed by atoms with E-state index in [0.717, 1.165) is 0 Å². The molecule has 5 nitrogen and oxygen atoms in total. The number of rotatable bonds is 6. The molecule has 0 spiro atoms. The molecule has 0 saturated heterocycles. The summed E-state index contributed by atoms with van der Waals surface area (Å²) in [7, 11) is 0. The molecule has 0 aromatic heterocycles. The number of ether oxygens (including phenoxy) is 2. The number of nitro groups is 1. The molecule has 0 unspecified atom stereocenters. The van der Waals surface area contributed by atoms with Crippen molar-refractivity contribution in [1.82, 2.24) is 0 Å². The zero-order valence-corrected chi connectivity index (χ0v) is 11.7. The highest BCUT2D eigenvalue weighted by atomic mass is 19.4. The number of nitrogens with zero attached hydrogens (tertiary/aromatic N) is 1. The lowest BCUT2D eigenvalue weighted by atomic mass is 10.2. The van der Waals surface area contributed by atoms with Gasteiger partial charge in [-0.15, -0.1) is 0 Å². The SMILES string of the molecule is O=[N+]([O-])c1cccc(COc2ccccc2OCC(F)(F)F)c1. The first-order valence-electron chi connectivity index (χ1n) is 6.50. The molecule has 0 radical (unpaired) electrons. The van der Waals surface area contributed by atoms with Gasteiger partial charge >= 0.3 is 6.18 Å². The van der Waals surface area contributed by atoms with Crippen LogP contribution in [0.3, 0.4) is 0 Å². The van der Waals surface area contributed by atoms with Crippen molar-refractivity contribution in [3.05, 3.63) is 64.2 Å². The molecular weight excluding hydrogens is 315 g/mol. The zero-order valence-electron chi connectivity index (χ0n) is 11.7. The minimum Gasteiger partial charge on any atom is -0.485 e. The van der Waals surface area contributed by atoms with Crippen molar-refractivity contribution in [3.63, 3.8) is 0 Å². The molecule has 2 aromatic rings. The van der Waals surface area contributed by atoms with E-state index >= 15 is 0 Å². The summed E-state index contributed by atoms with van der Waals surface area (Å²) in [5.74, 6) is 0.0820. The van der Waals surface area contributed by atoms with Crippen molar-refractivity contribution >= 4 is 5.69 Å². The maximum Gasteiger partial charge on any atom is 0.422 e. The van der Waals surface area contributed by atoms with Crippen LogP contribution in [0.2, 0.25) is 0 Å². The summed E-state index contributed by atoms with van der Waals surface area (Å²) in [6.07, 6.45) is -4.45. The Bertz CT molecular complexity index is 688. The Labute approximate surface area is 129 Å². The van der Waals surface area contributed by atoms with E-state index in [0.29, 0.717) is 5.56 Å². The van der Waals surface area contributed by atoms with Crippen LogP contribution in [0.4, 0.5) is 18.9 Å². The fraction of sp³-hybridized carbons (Fsp3) is 0.200. The zero-order chi connectivity index (χ0) is 16.9. The molecule has 0 amide bonds. The summed E-state index contributed by atoms with van der Waals surface area (Å²) in [5, 5.41) is 10.7. The molecule has 0 atom stereocenters. The molecular formula is C15H12F3NO4. The Morgan fingerprint density at radius 2 is 1.65 bits per heavy atom. The van der Waals surface area contributed by atoms with Gasteiger partial charge in [-0.3, -0.25) is 10.1 Å². The van der Waals surface area contributed by atoms with Gasteiger partial charge in [0.05, 0.1) is 4.92 Å². The highest BCUT2D eigenvalue weighted by molar-refractivity contribution is 5.40. The minimum atomic E-state index is -4.45. The highest BCUT2D eigenvalue weighted by Crippen LogP contribution is 2.29. The van der Waals surface area contributed by atoms with Gasteiger partial charge in [-0.25, -0.2) is 0 Å². The minimum absolute atomic E-state index is 0.0337. The van der Waals surface area contributed by atoms with Crippen LogP contribution < -0.4 is 9.47 Å². The number of hydrogen-bond acceptors (Lipinski definition) is 4. The molecule has 8 heteroatoms. The van der Waals surface area contributed by atoms with Crippen molar-refractivity contribution in [3.8, 4) is 11.5 Å². The second-order valence-corrected chi connectivity index (χ2v) is 4.57. The molecule has 0 aliphatic carbocycles. The van der Waals surface area contributed by atoms with E-state index in [4.69, 9.17) is 9.47 Å². The Balaban J connectivity index is 2.06. The largest absolute Gasteiger partial charge is 0.485 e. The van der Waals surface area contributed by atoms with Crippen LogP contribution in [0.1, 0.15) is 5.56 Å². The van der Waals surface area contributed by atoms with Crippen LogP contribution >= 0.6 is 0 Å². The lowest BCUT2D eigenvalue weighted by molar-refractivity contribution is -0.384. The quantitative estimate of drug-likeness (QED) is 0.591. The number of hydrogen-bond donors (Lipinski definition) is 0. The molecule has 0 saturated carbocycles. The molecule has 0 N–H and O–H groups in total. The number of non-ortho nitro benzene ring substituents is 1. The number of benzene rings is 2. The highest BCUT2D eigenvalue weighted by Gasteiger charge is 2.28. The van der Waals surface area contributed by atoms with Crippen LogP contribution in [0.15, 0.2) is 48.5 Å². The lowest BCUT2D eigenvalue weighted by Crippen LogP contribution is -2.19. The van der Waals surface area contributed by atoms with Gasteiger partial charge in [0.1, 0.15) is 6.61 Å². The third kappa shape index (κ3) is 5.17. The lowest BCUT2D eigenvalue weighted by Gasteiger charge is -2.13. The van der Waals surface area contributed by atoms with E-state index in [-0.39, 0.29) is 23.8 Å². The summed E-state index contributed by atoms with van der Waals surface area (Å²) in [4.78, 5) is 10.2. The van der Waals surface area contributed by atoms with Crippen LogP contribution in [0, 0.1) is 10.1 Å². The smallest absolute Gasteiger partial charge is 0.422 e. The molecule has 0 aliphatic rings. The van der Waals surface area contributed by atoms with Gasteiger partial charge in [0.2, 0.25) is 0 Å². The molecule has 0 aliphatic heterocycles. The maximum absolute atomic E-state index is 12.2. The summed E-state index contributed by atoms with van der Waals surface area (Å²) >= 11 is 0. The van der Waals surface area contributed by atoms with Gasteiger partial charge in [-0.1, -0.05) is 24.3 Å². The van der Waals surface area contributed by atoms with Crippen LogP contribution in [-0.2, 0) is 6.61 Å². The first-order chi connectivity index (χ1) is 10.8. The molecule has 0 bridgehead atoms. The second kappa shape index (κ2) is 6.99. The average Bonchev–Trinajstić information content (AvgIpc) is 2.51. The fourth-order valence-electron chi connectivity index (χ4n) is 1.77. The van der Waals surface area contributed by atoms with E-state index in [9.17, 15) is 23.3 Å². The topological polar surface area (TPSA) is 61.6 Å². The van der Waals surface area contributed by atoms with E-state index in [1.54, 1.807) is 12.1 Å². The average molecular weight is 327 g/mol. The molecule has 0 fully saturated rings. The second-order valence-electron chi connectivity index (χ2n) is 4.57. The Morgan fingerprint density at radius 1 is 1.00 bits per heavy atom. The number of halogens is 3. The molecule has 0 heterocycles. The van der Waals surface area contributed by atoms with Crippen molar-refractivity contribution in [2.24, 2.45) is 0 Å². The van der Waals surface area contributed by atoms with E-state index in [2.05, 4.69) is 0 Å². The van der Waals surface area contributed by atoms with E-state index < -0.39 is 17.7 Å². The molecule has 2 rings (SSSR count). The van der Waals surface area contributed by atoms with Gasteiger partial charge in [0.15, 0.2) is 18.1 Å². The van der Waals surface area contributed by atoms with Crippen molar-refractivity contribution in [2.75, 3.05) is 6.61 Å². The number of para-hydroxylation sites is 2. The third-order valence-corrected chi connectivity index (χ3v) is 2.76. The number of alkyl halides is 3. The molecule has 122 valence electrons. The fourth-order valence-corrected chi connectivity index (χ4v) is 1.77. The van der Waals surface area contributed by atoms with Gasteiger partial charge in [-0.2, -0.15) is 13.2 Å². The standard InChI is InChI=1S/C15H12F3NO4/c16-15(17,18)10-23-14-7-2-1-6-13(14)22-9-11-4-3-5-12(8-11)19(20)21/h1-8H,9-10H2. The van der Waals surface area contributed by atoms with Gasteiger partial charge in [0.25, 0.3) is 5.69 Å². The Morgan fingerprint density at radius 3 is 2.26 bits per heavy atom. The van der Waals surface area contributed by atoms with E-state index in [1.807, 2.05) is 0 Å². The first-order valence-corrected chi connectivity index (χ1v) is 6.50. The van der Waals surface area contributed by atoms with Crippen LogP contribution in [-0.4, -0.2) is 17.7 Å². The summed E-state index contributed by atoms with van der Waals surface area (Å²) < 4.78 is 46.7. The van der Waals surface area contributed by atoms with E-state index in [1.165, 1.54) is 36.4 Å². The normalized spacial score (nSPS) is 11.1. The monoisotopic (exact) mass is 327 g/mol. The third-order valence-electron chi connectivity index (χ3n) is 2.76. The summed E-state index contributed by atoms with van der Waals surface area (Å²) in [6.45, 7) is -1.46. The molecule has 23 heavy (non-hydrogen) atoms. The van der Waals surface area contributed by atoms with Crippen molar-refractivity contribution in [1.29, 1.82) is 0 Å². The van der Waals surface area contributed by atoms with Crippen molar-refractivity contribution < 1.29 is 27.6 Å². The predicted molar refractivity (Wildman–Crippen MR) is 75.4 cm³/mol. The maximum atomic E-state index is 12.2. The summed E-state index contributed by atoms with van der Waals surface area (Å²) in [5.41, 5.74) is 0.428. The van der Waals surface area contributed by atoms with Crippen LogP contribution in [0.5, 0.6) is 11.5 Å². The Hall–Kier alpha value is -2.77. The first kappa shape index (κ1) is 16.6. The number of nitro benzene ring substituents is 1. The summed E-state index contributed by atoms with van der Waals surface area (Å²) in [6, 6.07) is 11.7. The van der Waals surface area contributed by atoms with Gasteiger partial charge in [-0.05, 0) is 17.7 Å². The molecule has 2 aromatic carbocycles. The van der Waals surface area contributed by atoms with Gasteiger partial charge in [0, 0.05) is 12.1 Å². The Kier molecular flexibility index (Phi) is 5.05.